The van der Waals surface area contributed by atoms with E-state index in [2.05, 4.69) is 234 Å². The third-order valence-corrected chi connectivity index (χ3v) is 17.9. The van der Waals surface area contributed by atoms with Crippen LogP contribution in [-0.2, 0) is 4.57 Å². The van der Waals surface area contributed by atoms with Crippen LogP contribution in [-0.4, -0.2) is 9.13 Å². The van der Waals surface area contributed by atoms with E-state index in [-0.39, 0.29) is 0 Å². The zero-order chi connectivity index (χ0) is 42.8. The summed E-state index contributed by atoms with van der Waals surface area (Å²) in [6, 6.07) is 80.2. The van der Waals surface area contributed by atoms with E-state index in [1.54, 1.807) is 0 Å². The van der Waals surface area contributed by atoms with Crippen molar-refractivity contribution in [1.82, 2.24) is 9.13 Å². The SMILES string of the molecule is O=P(c1ccc2c(c1)c1ccccc1c1cc3c(cc21)sc1ccccc13)(c1ccc2c(c1)c1ccccc1n2-c1ccccc1)c1ccc2c(c1)c1ccccc1n2-c1ccccc1. The number of nitrogens with zero attached hydrogens (tertiary/aromatic N) is 2. The van der Waals surface area contributed by atoms with Gasteiger partial charge < -0.3 is 13.7 Å². The highest BCUT2D eigenvalue weighted by Crippen LogP contribution is 2.48. The molecule has 5 heteroatoms. The molecule has 0 spiro atoms. The molecule has 65 heavy (non-hydrogen) atoms. The first-order valence-corrected chi connectivity index (χ1v) is 24.6. The molecule has 11 aromatic carbocycles. The number of aromatic nitrogens is 2. The van der Waals surface area contributed by atoms with E-state index in [0.29, 0.717) is 0 Å². The van der Waals surface area contributed by atoms with Crippen molar-refractivity contribution in [3.63, 3.8) is 0 Å². The van der Waals surface area contributed by atoms with E-state index in [9.17, 15) is 0 Å². The summed E-state index contributed by atoms with van der Waals surface area (Å²) < 4.78 is 24.5. The van der Waals surface area contributed by atoms with Crippen molar-refractivity contribution in [2.75, 3.05) is 0 Å². The number of rotatable bonds is 5. The fraction of sp³-hybridized carbons (Fsp3) is 0. The Morgan fingerprint density at radius 2 is 0.677 bits per heavy atom. The van der Waals surface area contributed by atoms with Crippen LogP contribution in [0.4, 0.5) is 0 Å². The summed E-state index contributed by atoms with van der Waals surface area (Å²) >= 11 is 1.85. The number of para-hydroxylation sites is 4. The highest BCUT2D eigenvalue weighted by atomic mass is 32.1. The van der Waals surface area contributed by atoms with Gasteiger partial charge in [-0.1, -0.05) is 127 Å². The molecule has 304 valence electrons. The molecule has 3 heterocycles. The molecule has 0 bridgehead atoms. The lowest BCUT2D eigenvalue weighted by Gasteiger charge is -2.22. The lowest BCUT2D eigenvalue weighted by molar-refractivity contribution is 0.592. The quantitative estimate of drug-likeness (QED) is 0.125. The minimum Gasteiger partial charge on any atom is -0.309 e. The molecule has 0 amide bonds. The standard InChI is InChI=1S/C60H37N2OPS/c63-64(41-28-31-57-52(34-41)46-21-9-12-24-55(46)61(57)38-15-3-1-4-16-38,42-29-32-58-53(35-42)47-22-10-13-25-56(47)62(58)39-17-5-2-6-18-39)40-27-30-45-49(33-40)43-19-7-8-20-44(43)50-36-54-48-23-11-14-26-59(48)65-60(54)37-51(45)50/h1-37H. The lowest BCUT2D eigenvalue weighted by atomic mass is 9.93. The van der Waals surface area contributed by atoms with Crippen molar-refractivity contribution in [3.05, 3.63) is 224 Å². The maximum Gasteiger partial charge on any atom is 0.171 e. The molecule has 0 saturated heterocycles. The molecule has 0 aliphatic heterocycles. The second-order valence-corrected chi connectivity index (χ2v) is 21.0. The molecule has 0 radical (unpaired) electrons. The van der Waals surface area contributed by atoms with Crippen LogP contribution in [0.25, 0.3) is 107 Å². The predicted molar refractivity (Wildman–Crippen MR) is 280 cm³/mol. The van der Waals surface area contributed by atoms with E-state index in [1.807, 2.05) is 11.3 Å². The van der Waals surface area contributed by atoms with Crippen LogP contribution in [0.5, 0.6) is 0 Å². The molecule has 14 aromatic rings. The molecular weight excluding hydrogens is 828 g/mol. The number of thiophene rings is 1. The number of fused-ring (bicyclic) bond motifs is 15. The first-order chi connectivity index (χ1) is 32.1. The second kappa shape index (κ2) is 13.9. The van der Waals surface area contributed by atoms with Crippen molar-refractivity contribution >= 4 is 130 Å². The van der Waals surface area contributed by atoms with E-state index in [1.165, 1.54) is 36.3 Å². The minimum atomic E-state index is -3.58. The molecule has 0 saturated carbocycles. The Balaban J connectivity index is 1.07. The third-order valence-electron chi connectivity index (χ3n) is 13.7. The fourth-order valence-electron chi connectivity index (χ4n) is 10.8. The number of hydrogen-bond acceptors (Lipinski definition) is 2. The summed E-state index contributed by atoms with van der Waals surface area (Å²) in [6.45, 7) is 0. The first kappa shape index (κ1) is 36.7. The molecular formula is C60H37N2OPS. The van der Waals surface area contributed by atoms with Crippen molar-refractivity contribution in [1.29, 1.82) is 0 Å². The lowest BCUT2D eigenvalue weighted by Crippen LogP contribution is -2.25. The molecule has 3 nitrogen and oxygen atoms in total. The zero-order valence-electron chi connectivity index (χ0n) is 35.0. The Kier molecular flexibility index (Phi) is 7.83. The Morgan fingerprint density at radius 1 is 0.277 bits per heavy atom. The van der Waals surface area contributed by atoms with Gasteiger partial charge in [-0.05, 0) is 129 Å². The fourth-order valence-corrected chi connectivity index (χ4v) is 14.6. The largest absolute Gasteiger partial charge is 0.309 e. The van der Waals surface area contributed by atoms with Gasteiger partial charge in [-0.3, -0.25) is 0 Å². The minimum absolute atomic E-state index is 0.809. The van der Waals surface area contributed by atoms with Gasteiger partial charge in [-0.25, -0.2) is 0 Å². The van der Waals surface area contributed by atoms with Crippen molar-refractivity contribution in [2.45, 2.75) is 0 Å². The predicted octanol–water partition coefficient (Wildman–Crippen LogP) is 15.3. The van der Waals surface area contributed by atoms with Crippen LogP contribution in [0.1, 0.15) is 0 Å². The highest BCUT2D eigenvalue weighted by Gasteiger charge is 2.32. The number of hydrogen-bond donors (Lipinski definition) is 0. The van der Waals surface area contributed by atoms with Gasteiger partial charge in [0.1, 0.15) is 0 Å². The van der Waals surface area contributed by atoms with E-state index in [0.717, 1.165) is 87.1 Å². The molecule has 0 aliphatic carbocycles. The molecule has 0 unspecified atom stereocenters. The zero-order valence-corrected chi connectivity index (χ0v) is 36.7. The van der Waals surface area contributed by atoms with Crippen LogP contribution in [0.2, 0.25) is 0 Å². The highest BCUT2D eigenvalue weighted by molar-refractivity contribution is 7.85. The van der Waals surface area contributed by atoms with Crippen LogP contribution >= 0.6 is 18.5 Å². The Hall–Kier alpha value is -7.75. The molecule has 0 aliphatic rings. The van der Waals surface area contributed by atoms with Gasteiger partial charge in [0.05, 0.1) is 22.1 Å². The van der Waals surface area contributed by atoms with Crippen molar-refractivity contribution in [3.8, 4) is 11.4 Å². The van der Waals surface area contributed by atoms with Gasteiger partial charge >= 0.3 is 0 Å². The van der Waals surface area contributed by atoms with Gasteiger partial charge in [0, 0.05) is 69.0 Å². The molecule has 14 rings (SSSR count). The van der Waals surface area contributed by atoms with Gasteiger partial charge in [-0.2, -0.15) is 0 Å². The second-order valence-electron chi connectivity index (χ2n) is 17.2. The van der Waals surface area contributed by atoms with E-state index < -0.39 is 7.14 Å². The normalized spacial score (nSPS) is 12.4. The first-order valence-electron chi connectivity index (χ1n) is 22.1. The molecule has 0 N–H and O–H groups in total. The molecule has 0 fully saturated rings. The van der Waals surface area contributed by atoms with Crippen LogP contribution < -0.4 is 15.9 Å². The Bertz CT molecular complexity index is 4170. The molecule has 3 aromatic heterocycles. The van der Waals surface area contributed by atoms with Crippen molar-refractivity contribution in [2.24, 2.45) is 0 Å². The Morgan fingerprint density at radius 3 is 1.25 bits per heavy atom. The summed E-state index contributed by atoms with van der Waals surface area (Å²) in [7, 11) is -3.58. The van der Waals surface area contributed by atoms with Crippen LogP contribution in [0.15, 0.2) is 224 Å². The monoisotopic (exact) mass is 864 g/mol. The van der Waals surface area contributed by atoms with Gasteiger partial charge in [0.2, 0.25) is 0 Å². The summed E-state index contributed by atoms with van der Waals surface area (Å²) in [4.78, 5) is 0. The summed E-state index contributed by atoms with van der Waals surface area (Å²) in [5.74, 6) is 0. The maximum atomic E-state index is 17.2. The maximum absolute atomic E-state index is 17.2. The van der Waals surface area contributed by atoms with Gasteiger partial charge in [0.25, 0.3) is 0 Å². The van der Waals surface area contributed by atoms with E-state index in [4.69, 9.17) is 0 Å². The summed E-state index contributed by atoms with van der Waals surface area (Å²) in [5.41, 5.74) is 6.59. The van der Waals surface area contributed by atoms with Gasteiger partial charge in [-0.15, -0.1) is 11.3 Å². The number of benzene rings is 11. The topological polar surface area (TPSA) is 26.9 Å². The Labute approximate surface area is 378 Å². The smallest absolute Gasteiger partial charge is 0.171 e. The average Bonchev–Trinajstić information content (AvgIpc) is 4.03. The van der Waals surface area contributed by atoms with Crippen LogP contribution in [0.3, 0.4) is 0 Å². The summed E-state index contributed by atoms with van der Waals surface area (Å²) in [6.07, 6.45) is 0. The van der Waals surface area contributed by atoms with E-state index >= 15 is 4.57 Å². The van der Waals surface area contributed by atoms with Gasteiger partial charge in [0.15, 0.2) is 7.14 Å². The average molecular weight is 865 g/mol. The third kappa shape index (κ3) is 5.27. The van der Waals surface area contributed by atoms with Crippen LogP contribution in [0, 0.1) is 0 Å². The summed E-state index contributed by atoms with van der Waals surface area (Å²) in [5, 5.41) is 16.5. The molecule has 0 atom stereocenters. The van der Waals surface area contributed by atoms with Crippen molar-refractivity contribution < 1.29 is 4.57 Å².